The van der Waals surface area contributed by atoms with E-state index in [4.69, 9.17) is 9.47 Å². The van der Waals surface area contributed by atoms with Gasteiger partial charge in [0.2, 0.25) is 5.91 Å². The van der Waals surface area contributed by atoms with E-state index in [1.54, 1.807) is 42.5 Å². The summed E-state index contributed by atoms with van der Waals surface area (Å²) in [6, 6.07) is 13.7. The first-order chi connectivity index (χ1) is 13.0. The largest absolute Gasteiger partial charge is 0.486 e. The predicted molar refractivity (Wildman–Crippen MR) is 100 cm³/mol. The van der Waals surface area contributed by atoms with Crippen LogP contribution < -0.4 is 20.1 Å². The summed E-state index contributed by atoms with van der Waals surface area (Å²) in [6.45, 7) is 2.37. The van der Waals surface area contributed by atoms with Crippen molar-refractivity contribution >= 4 is 29.3 Å². The lowest BCUT2D eigenvalue weighted by Crippen LogP contribution is -2.15. The van der Waals surface area contributed by atoms with Crippen LogP contribution in [0.15, 0.2) is 48.0 Å². The van der Waals surface area contributed by atoms with Crippen LogP contribution in [0.3, 0.4) is 0 Å². The van der Waals surface area contributed by atoms with Gasteiger partial charge in [-0.1, -0.05) is 6.07 Å². The molecule has 0 atom stereocenters. The Labute approximate surface area is 156 Å². The number of carbonyl (C=O) groups is 2. The van der Waals surface area contributed by atoms with E-state index in [0.717, 1.165) is 0 Å². The van der Waals surface area contributed by atoms with Gasteiger partial charge in [0.1, 0.15) is 24.9 Å². The third-order valence-corrected chi connectivity index (χ3v) is 3.71. The van der Waals surface area contributed by atoms with E-state index < -0.39 is 5.91 Å². The number of hydrogen-bond acceptors (Lipinski definition) is 5. The van der Waals surface area contributed by atoms with Crippen LogP contribution in [0, 0.1) is 11.3 Å². The number of ether oxygens (including phenoxy) is 2. The Morgan fingerprint density at radius 3 is 2.26 bits per heavy atom. The molecule has 3 rings (SSSR count). The van der Waals surface area contributed by atoms with Crippen molar-refractivity contribution < 1.29 is 19.1 Å². The van der Waals surface area contributed by atoms with Crippen molar-refractivity contribution in [2.45, 2.75) is 6.92 Å². The van der Waals surface area contributed by atoms with E-state index in [1.165, 1.54) is 13.0 Å². The maximum Gasteiger partial charge on any atom is 0.266 e. The van der Waals surface area contributed by atoms with Crippen LogP contribution >= 0.6 is 0 Å². The Morgan fingerprint density at radius 1 is 1.00 bits per heavy atom. The molecular weight excluding hydrogens is 346 g/mol. The third-order valence-electron chi connectivity index (χ3n) is 3.71. The van der Waals surface area contributed by atoms with Gasteiger partial charge in [0, 0.05) is 18.3 Å². The Bertz CT molecular complexity index is 943. The molecule has 0 spiro atoms. The van der Waals surface area contributed by atoms with E-state index in [1.807, 2.05) is 6.07 Å². The van der Waals surface area contributed by atoms with E-state index in [9.17, 15) is 14.9 Å². The van der Waals surface area contributed by atoms with E-state index in [0.29, 0.717) is 41.7 Å². The minimum Gasteiger partial charge on any atom is -0.486 e. The number of benzene rings is 2. The number of amides is 2. The van der Waals surface area contributed by atoms with Gasteiger partial charge in [-0.05, 0) is 48.0 Å². The summed E-state index contributed by atoms with van der Waals surface area (Å²) in [4.78, 5) is 23.4. The monoisotopic (exact) mass is 363 g/mol. The Balaban J connectivity index is 1.73. The zero-order valence-electron chi connectivity index (χ0n) is 14.6. The molecule has 0 saturated carbocycles. The van der Waals surface area contributed by atoms with Gasteiger partial charge in [0.25, 0.3) is 5.91 Å². The van der Waals surface area contributed by atoms with Crippen LogP contribution in [-0.4, -0.2) is 25.0 Å². The molecule has 1 aliphatic rings. The summed E-state index contributed by atoms with van der Waals surface area (Å²) in [5.41, 5.74) is 1.75. The number of nitrogens with one attached hydrogen (secondary N) is 2. The summed E-state index contributed by atoms with van der Waals surface area (Å²) in [5, 5.41) is 14.6. The highest BCUT2D eigenvalue weighted by molar-refractivity contribution is 6.09. The lowest BCUT2D eigenvalue weighted by atomic mass is 10.1. The first-order valence-electron chi connectivity index (χ1n) is 8.25. The van der Waals surface area contributed by atoms with Crippen molar-refractivity contribution in [1.29, 1.82) is 5.26 Å². The molecule has 0 aromatic heterocycles. The van der Waals surface area contributed by atoms with Gasteiger partial charge in [-0.15, -0.1) is 0 Å². The van der Waals surface area contributed by atoms with Crippen molar-refractivity contribution in [3.63, 3.8) is 0 Å². The predicted octanol–water partition coefficient (Wildman–Crippen LogP) is 2.96. The van der Waals surface area contributed by atoms with Crippen molar-refractivity contribution in [3.8, 4) is 17.6 Å². The normalized spacial score (nSPS) is 12.7. The van der Waals surface area contributed by atoms with Gasteiger partial charge < -0.3 is 20.1 Å². The first-order valence-corrected chi connectivity index (χ1v) is 8.25. The SMILES string of the molecule is CC(=O)Nc1ccc(NC(=O)C(C#N)=Cc2ccc3c(c2)OCCO3)cc1. The van der Waals surface area contributed by atoms with Crippen LogP contribution in [0.5, 0.6) is 11.5 Å². The van der Waals surface area contributed by atoms with Gasteiger partial charge in [-0.3, -0.25) is 9.59 Å². The van der Waals surface area contributed by atoms with Crippen LogP contribution in [0.4, 0.5) is 11.4 Å². The number of carbonyl (C=O) groups excluding carboxylic acids is 2. The Kier molecular flexibility index (Phi) is 5.38. The van der Waals surface area contributed by atoms with Crippen molar-refractivity contribution in [2.75, 3.05) is 23.8 Å². The molecule has 1 heterocycles. The second kappa shape index (κ2) is 8.06. The summed E-state index contributed by atoms with van der Waals surface area (Å²) in [5.74, 6) is 0.516. The fraction of sp³-hybridized carbons (Fsp3) is 0.150. The molecule has 2 aromatic carbocycles. The maximum absolute atomic E-state index is 12.4. The minimum absolute atomic E-state index is 0.0439. The highest BCUT2D eigenvalue weighted by Crippen LogP contribution is 2.31. The molecule has 2 N–H and O–H groups in total. The summed E-state index contributed by atoms with van der Waals surface area (Å²) >= 11 is 0. The quantitative estimate of drug-likeness (QED) is 0.642. The highest BCUT2D eigenvalue weighted by Gasteiger charge is 2.13. The topological polar surface area (TPSA) is 100 Å². The van der Waals surface area contributed by atoms with E-state index >= 15 is 0 Å². The molecular formula is C20H17N3O4. The molecule has 0 aliphatic carbocycles. The minimum atomic E-state index is -0.528. The fourth-order valence-corrected chi connectivity index (χ4v) is 2.50. The second-order valence-electron chi connectivity index (χ2n) is 5.79. The first kappa shape index (κ1) is 18.0. The van der Waals surface area contributed by atoms with Crippen LogP contribution in [0.25, 0.3) is 6.08 Å². The molecule has 0 saturated heterocycles. The van der Waals surface area contributed by atoms with Crippen LogP contribution in [0.2, 0.25) is 0 Å². The molecule has 0 radical (unpaired) electrons. The van der Waals surface area contributed by atoms with Crippen molar-refractivity contribution in [1.82, 2.24) is 0 Å². The smallest absolute Gasteiger partial charge is 0.266 e. The van der Waals surface area contributed by atoms with Crippen molar-refractivity contribution in [3.05, 3.63) is 53.6 Å². The lowest BCUT2D eigenvalue weighted by Gasteiger charge is -2.18. The van der Waals surface area contributed by atoms with Gasteiger partial charge in [0.05, 0.1) is 0 Å². The maximum atomic E-state index is 12.4. The van der Waals surface area contributed by atoms with E-state index in [2.05, 4.69) is 10.6 Å². The molecule has 7 heteroatoms. The van der Waals surface area contributed by atoms with Gasteiger partial charge in [-0.2, -0.15) is 5.26 Å². The molecule has 2 aromatic rings. The zero-order chi connectivity index (χ0) is 19.2. The standard InChI is InChI=1S/C20H17N3O4/c1-13(24)22-16-3-5-17(6-4-16)23-20(25)15(12-21)10-14-2-7-18-19(11-14)27-9-8-26-18/h2-7,10-11H,8-9H2,1H3,(H,22,24)(H,23,25). The molecule has 27 heavy (non-hydrogen) atoms. The number of rotatable bonds is 4. The van der Waals surface area contributed by atoms with Crippen LogP contribution in [0.1, 0.15) is 12.5 Å². The molecule has 2 amide bonds. The highest BCUT2D eigenvalue weighted by atomic mass is 16.6. The summed E-state index contributed by atoms with van der Waals surface area (Å²) in [7, 11) is 0. The Morgan fingerprint density at radius 2 is 1.63 bits per heavy atom. The molecule has 1 aliphatic heterocycles. The third kappa shape index (κ3) is 4.64. The Hall–Kier alpha value is -3.79. The van der Waals surface area contributed by atoms with Gasteiger partial charge >= 0.3 is 0 Å². The van der Waals surface area contributed by atoms with Crippen molar-refractivity contribution in [2.24, 2.45) is 0 Å². The van der Waals surface area contributed by atoms with Crippen LogP contribution in [-0.2, 0) is 9.59 Å². The van der Waals surface area contributed by atoms with E-state index in [-0.39, 0.29) is 11.5 Å². The average Bonchev–Trinajstić information content (AvgIpc) is 2.67. The van der Waals surface area contributed by atoms with Gasteiger partial charge in [0.15, 0.2) is 11.5 Å². The zero-order valence-corrected chi connectivity index (χ0v) is 14.6. The number of anilines is 2. The number of nitriles is 1. The number of fused-ring (bicyclic) bond motifs is 1. The van der Waals surface area contributed by atoms with Gasteiger partial charge in [-0.25, -0.2) is 0 Å². The molecule has 7 nitrogen and oxygen atoms in total. The summed E-state index contributed by atoms with van der Waals surface area (Å²) in [6.07, 6.45) is 1.49. The second-order valence-corrected chi connectivity index (χ2v) is 5.79. The number of nitrogens with zero attached hydrogens (tertiary/aromatic N) is 1. The molecule has 0 unspecified atom stereocenters. The molecule has 0 bridgehead atoms. The lowest BCUT2D eigenvalue weighted by molar-refractivity contribution is -0.114. The number of hydrogen-bond donors (Lipinski definition) is 2. The fourth-order valence-electron chi connectivity index (χ4n) is 2.50. The average molecular weight is 363 g/mol. The summed E-state index contributed by atoms with van der Waals surface area (Å²) < 4.78 is 11.0. The molecule has 136 valence electrons. The molecule has 0 fully saturated rings.